The number of benzene rings is 1. The van der Waals surface area contributed by atoms with Gasteiger partial charge in [-0.25, -0.2) is 0 Å². The van der Waals surface area contributed by atoms with Gasteiger partial charge in [-0.05, 0) is 39.2 Å². The number of amidine groups is 1. The number of nitrogens with zero attached hydrogens (tertiary/aromatic N) is 3. The molecule has 23 heavy (non-hydrogen) atoms. The van der Waals surface area contributed by atoms with E-state index in [1.165, 1.54) is 11.1 Å². The number of rotatable bonds is 3. The van der Waals surface area contributed by atoms with Gasteiger partial charge in [0, 0.05) is 13.0 Å². The zero-order valence-electron chi connectivity index (χ0n) is 13.2. The third-order valence-corrected chi connectivity index (χ3v) is 3.69. The van der Waals surface area contributed by atoms with Crippen molar-refractivity contribution in [1.29, 1.82) is 0 Å². The van der Waals surface area contributed by atoms with Gasteiger partial charge in [-0.3, -0.25) is 14.7 Å². The molecule has 0 aromatic heterocycles. The molecule has 5 nitrogen and oxygen atoms in total. The Morgan fingerprint density at radius 1 is 1.39 bits per heavy atom. The number of carbonyl (C=O) groups excluding carboxylic acids is 1. The van der Waals surface area contributed by atoms with Crippen molar-refractivity contribution < 1.29 is 18.0 Å². The van der Waals surface area contributed by atoms with Crippen LogP contribution in [0.2, 0.25) is 0 Å². The molecule has 0 aliphatic carbocycles. The van der Waals surface area contributed by atoms with E-state index in [-0.39, 0.29) is 11.9 Å². The number of hydrazone groups is 1. The molecule has 8 heteroatoms. The summed E-state index contributed by atoms with van der Waals surface area (Å²) in [4.78, 5) is 13.7. The molecule has 0 spiro atoms. The van der Waals surface area contributed by atoms with Crippen LogP contribution in [0, 0.1) is 0 Å². The van der Waals surface area contributed by atoms with Gasteiger partial charge in [0.25, 0.3) is 0 Å². The van der Waals surface area contributed by atoms with Crippen LogP contribution in [0.15, 0.2) is 29.4 Å². The predicted octanol–water partition coefficient (Wildman–Crippen LogP) is 2.30. The molecule has 1 aliphatic heterocycles. The van der Waals surface area contributed by atoms with E-state index in [0.717, 1.165) is 12.1 Å². The highest BCUT2D eigenvalue weighted by Crippen LogP contribution is 2.32. The molecule has 1 amide bonds. The Hall–Kier alpha value is -2.09. The van der Waals surface area contributed by atoms with E-state index >= 15 is 0 Å². The Morgan fingerprint density at radius 2 is 2.09 bits per heavy atom. The summed E-state index contributed by atoms with van der Waals surface area (Å²) in [6, 6.07) is 4.66. The van der Waals surface area contributed by atoms with Crippen molar-refractivity contribution in [3.05, 3.63) is 29.8 Å². The zero-order chi connectivity index (χ0) is 17.2. The van der Waals surface area contributed by atoms with Crippen molar-refractivity contribution in [3.8, 4) is 0 Å². The fourth-order valence-electron chi connectivity index (χ4n) is 2.06. The van der Waals surface area contributed by atoms with Crippen LogP contribution in [0.4, 0.5) is 18.9 Å². The second-order valence-corrected chi connectivity index (χ2v) is 5.60. The van der Waals surface area contributed by atoms with Crippen LogP contribution in [0.1, 0.15) is 18.9 Å². The number of hydrogen-bond acceptors (Lipinski definition) is 4. The molecular formula is C15H19F3N4O. The van der Waals surface area contributed by atoms with Gasteiger partial charge in [-0.15, -0.1) is 0 Å². The molecule has 0 saturated heterocycles. The lowest BCUT2D eigenvalue weighted by Crippen LogP contribution is -2.43. The monoisotopic (exact) mass is 328 g/mol. The van der Waals surface area contributed by atoms with Crippen molar-refractivity contribution in [2.24, 2.45) is 5.10 Å². The number of hydrogen-bond donors (Lipinski definition) is 1. The molecule has 2 rings (SSSR count). The lowest BCUT2D eigenvalue weighted by Gasteiger charge is -2.18. The normalized spacial score (nSPS) is 16.5. The van der Waals surface area contributed by atoms with Gasteiger partial charge in [-0.2, -0.15) is 18.3 Å². The highest BCUT2D eigenvalue weighted by Gasteiger charge is 2.31. The second kappa shape index (κ2) is 6.57. The van der Waals surface area contributed by atoms with Crippen LogP contribution in [-0.2, 0) is 11.0 Å². The van der Waals surface area contributed by atoms with Gasteiger partial charge in [0.05, 0.1) is 17.3 Å². The average molecular weight is 328 g/mol. The first-order valence-corrected chi connectivity index (χ1v) is 7.18. The molecule has 1 atom stereocenters. The topological polar surface area (TPSA) is 47.9 Å². The molecule has 1 aromatic carbocycles. The molecule has 1 N–H and O–H groups in total. The minimum absolute atomic E-state index is 0.195. The summed E-state index contributed by atoms with van der Waals surface area (Å²) in [6.07, 6.45) is -3.92. The lowest BCUT2D eigenvalue weighted by atomic mass is 10.2. The van der Waals surface area contributed by atoms with E-state index in [1.807, 2.05) is 0 Å². The Kier molecular flexibility index (Phi) is 4.93. The zero-order valence-corrected chi connectivity index (χ0v) is 13.2. The summed E-state index contributed by atoms with van der Waals surface area (Å²) in [5, 5.41) is 8.37. The molecule has 0 bridgehead atoms. The largest absolute Gasteiger partial charge is 0.416 e. The minimum atomic E-state index is -4.39. The van der Waals surface area contributed by atoms with E-state index in [2.05, 4.69) is 10.4 Å². The number of nitrogens with one attached hydrogen (secondary N) is 1. The average Bonchev–Trinajstić information content (AvgIpc) is 2.94. The summed E-state index contributed by atoms with van der Waals surface area (Å²) in [5.41, 5.74) is -0.367. The SMILES string of the molecule is CC(C(=O)NC1=NN(c2cccc(C(F)(F)F)c2)CC1)N(C)C. The summed E-state index contributed by atoms with van der Waals surface area (Å²) >= 11 is 0. The minimum Gasteiger partial charge on any atom is -0.311 e. The van der Waals surface area contributed by atoms with Gasteiger partial charge >= 0.3 is 6.18 Å². The second-order valence-electron chi connectivity index (χ2n) is 5.60. The molecule has 1 unspecified atom stereocenters. The van der Waals surface area contributed by atoms with Crippen LogP contribution in [0.3, 0.4) is 0 Å². The lowest BCUT2D eigenvalue weighted by molar-refractivity contribution is -0.137. The Bertz CT molecular complexity index is 613. The maximum Gasteiger partial charge on any atom is 0.416 e. The van der Waals surface area contributed by atoms with E-state index < -0.39 is 11.7 Å². The van der Waals surface area contributed by atoms with Crippen LogP contribution < -0.4 is 10.3 Å². The molecular weight excluding hydrogens is 309 g/mol. The molecule has 0 fully saturated rings. The summed E-state index contributed by atoms with van der Waals surface area (Å²) < 4.78 is 38.3. The molecule has 126 valence electrons. The van der Waals surface area contributed by atoms with Crippen LogP contribution in [0.25, 0.3) is 0 Å². The third kappa shape index (κ3) is 4.22. The maximum atomic E-state index is 12.8. The van der Waals surface area contributed by atoms with E-state index in [0.29, 0.717) is 24.5 Å². The smallest absolute Gasteiger partial charge is 0.311 e. The highest BCUT2D eigenvalue weighted by atomic mass is 19.4. The molecule has 0 saturated carbocycles. The molecule has 1 heterocycles. The fraction of sp³-hybridized carbons (Fsp3) is 0.467. The number of likely N-dealkylation sites (N-methyl/N-ethyl adjacent to an activating group) is 1. The molecule has 0 radical (unpaired) electrons. The fourth-order valence-corrected chi connectivity index (χ4v) is 2.06. The first kappa shape index (κ1) is 17.3. The van der Waals surface area contributed by atoms with Gasteiger partial charge < -0.3 is 5.32 Å². The quantitative estimate of drug-likeness (QED) is 0.926. The van der Waals surface area contributed by atoms with Crippen molar-refractivity contribution in [1.82, 2.24) is 10.2 Å². The maximum absolute atomic E-state index is 12.8. The summed E-state index contributed by atoms with van der Waals surface area (Å²) in [7, 11) is 3.57. The number of carbonyl (C=O) groups is 1. The van der Waals surface area contributed by atoms with Crippen molar-refractivity contribution in [2.75, 3.05) is 25.6 Å². The summed E-state index contributed by atoms with van der Waals surface area (Å²) in [5.74, 6) is 0.265. The van der Waals surface area contributed by atoms with Gasteiger partial charge in [0.2, 0.25) is 5.91 Å². The van der Waals surface area contributed by atoms with Crippen LogP contribution >= 0.6 is 0 Å². The van der Waals surface area contributed by atoms with Crippen LogP contribution in [-0.4, -0.2) is 43.3 Å². The number of alkyl halides is 3. The number of amides is 1. The third-order valence-electron chi connectivity index (χ3n) is 3.69. The summed E-state index contributed by atoms with van der Waals surface area (Å²) in [6.45, 7) is 2.18. The van der Waals surface area contributed by atoms with Gasteiger partial charge in [0.1, 0.15) is 5.84 Å². The Labute approximate surface area is 132 Å². The van der Waals surface area contributed by atoms with Crippen molar-refractivity contribution in [2.45, 2.75) is 25.6 Å². The molecule has 1 aromatic rings. The first-order chi connectivity index (χ1) is 10.7. The van der Waals surface area contributed by atoms with E-state index in [4.69, 9.17) is 0 Å². The van der Waals surface area contributed by atoms with Gasteiger partial charge in [0.15, 0.2) is 0 Å². The van der Waals surface area contributed by atoms with E-state index in [9.17, 15) is 18.0 Å². The van der Waals surface area contributed by atoms with Gasteiger partial charge in [-0.1, -0.05) is 6.07 Å². The molecule has 1 aliphatic rings. The van der Waals surface area contributed by atoms with Crippen LogP contribution in [0.5, 0.6) is 0 Å². The standard InChI is InChI=1S/C15H19F3N4O/c1-10(21(2)3)14(23)19-13-7-8-22(20-13)12-6-4-5-11(9-12)15(16,17)18/h4-6,9-10H,7-8H2,1-3H3,(H,19,20,23). The predicted molar refractivity (Wildman–Crippen MR) is 82.1 cm³/mol. The highest BCUT2D eigenvalue weighted by molar-refractivity contribution is 6.01. The Balaban J connectivity index is 2.09. The number of anilines is 1. The van der Waals surface area contributed by atoms with Crippen molar-refractivity contribution in [3.63, 3.8) is 0 Å². The number of halogens is 3. The Morgan fingerprint density at radius 3 is 2.70 bits per heavy atom. The van der Waals surface area contributed by atoms with Crippen molar-refractivity contribution >= 4 is 17.4 Å². The first-order valence-electron chi connectivity index (χ1n) is 7.18. The van der Waals surface area contributed by atoms with E-state index in [1.54, 1.807) is 32.0 Å².